The van der Waals surface area contributed by atoms with Crippen molar-refractivity contribution in [2.75, 3.05) is 13.1 Å². The normalized spacial score (nSPS) is 17.8. The molecule has 0 aliphatic carbocycles. The molecule has 0 unspecified atom stereocenters. The van der Waals surface area contributed by atoms with E-state index < -0.39 is 10.2 Å². The number of nitrogens with one attached hydrogen (secondary N) is 1. The number of hydrogen-bond donors (Lipinski definition) is 1. The summed E-state index contributed by atoms with van der Waals surface area (Å²) in [7, 11) is -1.48. The highest BCUT2D eigenvalue weighted by atomic mass is 32.2. The van der Waals surface area contributed by atoms with Crippen molar-refractivity contribution in [1.82, 2.24) is 18.8 Å². The van der Waals surface area contributed by atoms with E-state index in [0.29, 0.717) is 19.6 Å². The molecule has 0 atom stereocenters. The predicted octanol–water partition coefficient (Wildman–Crippen LogP) is 0.159. The Hall–Kier alpha value is -0.920. The Morgan fingerprint density at radius 3 is 2.59 bits per heavy atom. The summed E-state index contributed by atoms with van der Waals surface area (Å²) in [5.41, 5.74) is 1.89. The van der Waals surface area contributed by atoms with E-state index in [-0.39, 0.29) is 0 Å². The van der Waals surface area contributed by atoms with Gasteiger partial charge >= 0.3 is 0 Å². The van der Waals surface area contributed by atoms with Crippen LogP contribution in [0, 0.1) is 6.92 Å². The first-order valence-corrected chi connectivity index (χ1v) is 7.17. The predicted molar refractivity (Wildman–Crippen MR) is 64.5 cm³/mol. The van der Waals surface area contributed by atoms with Crippen LogP contribution >= 0.6 is 0 Å². The molecule has 2 heterocycles. The molecule has 7 heteroatoms. The van der Waals surface area contributed by atoms with Gasteiger partial charge in [0.15, 0.2) is 0 Å². The molecule has 2 rings (SSSR count). The van der Waals surface area contributed by atoms with Gasteiger partial charge in [-0.15, -0.1) is 0 Å². The summed E-state index contributed by atoms with van der Waals surface area (Å²) >= 11 is 0. The minimum atomic E-state index is -3.32. The summed E-state index contributed by atoms with van der Waals surface area (Å²) in [6.45, 7) is 3.48. The first-order chi connectivity index (χ1) is 8.00. The van der Waals surface area contributed by atoms with Gasteiger partial charge in [-0.2, -0.15) is 22.5 Å². The molecule has 96 valence electrons. The van der Waals surface area contributed by atoms with E-state index in [4.69, 9.17) is 0 Å². The van der Waals surface area contributed by atoms with E-state index >= 15 is 0 Å². The Kier molecular flexibility index (Phi) is 3.50. The molecule has 17 heavy (non-hydrogen) atoms. The fourth-order valence-corrected chi connectivity index (χ4v) is 3.17. The van der Waals surface area contributed by atoms with Gasteiger partial charge in [0.05, 0.1) is 6.20 Å². The maximum absolute atomic E-state index is 11.9. The van der Waals surface area contributed by atoms with Crippen molar-refractivity contribution in [2.45, 2.75) is 26.3 Å². The molecule has 6 nitrogen and oxygen atoms in total. The highest BCUT2D eigenvalue weighted by Gasteiger charge is 2.24. The van der Waals surface area contributed by atoms with Crippen molar-refractivity contribution >= 4 is 10.2 Å². The zero-order chi connectivity index (χ0) is 12.5. The highest BCUT2D eigenvalue weighted by Crippen LogP contribution is 2.12. The molecule has 0 spiro atoms. The maximum atomic E-state index is 11.9. The minimum absolute atomic E-state index is 0.304. The quantitative estimate of drug-likeness (QED) is 0.836. The van der Waals surface area contributed by atoms with Crippen LogP contribution in [0.4, 0.5) is 0 Å². The average molecular weight is 258 g/mol. The van der Waals surface area contributed by atoms with Crippen molar-refractivity contribution < 1.29 is 8.42 Å². The first-order valence-electron chi connectivity index (χ1n) is 5.73. The standard InChI is InChI=1S/C10H18N4O2S/c1-9-10(7-11-13(9)2)8-12-17(15,16)14-5-3-4-6-14/h7,12H,3-6,8H2,1-2H3. The number of aromatic nitrogens is 2. The third kappa shape index (κ3) is 2.67. The molecule has 1 N–H and O–H groups in total. The summed E-state index contributed by atoms with van der Waals surface area (Å²) in [5, 5.41) is 4.08. The zero-order valence-electron chi connectivity index (χ0n) is 10.2. The topological polar surface area (TPSA) is 67.2 Å². The number of aryl methyl sites for hydroxylation is 1. The van der Waals surface area contributed by atoms with Crippen LogP contribution in [0.5, 0.6) is 0 Å². The van der Waals surface area contributed by atoms with Gasteiger partial charge in [-0.25, -0.2) is 0 Å². The van der Waals surface area contributed by atoms with E-state index in [0.717, 1.165) is 24.1 Å². The molecule has 1 aromatic heterocycles. The van der Waals surface area contributed by atoms with Gasteiger partial charge in [0, 0.05) is 37.9 Å². The van der Waals surface area contributed by atoms with Crippen LogP contribution in [0.2, 0.25) is 0 Å². The Balaban J connectivity index is 2.00. The van der Waals surface area contributed by atoms with Crippen molar-refractivity contribution in [2.24, 2.45) is 7.05 Å². The van der Waals surface area contributed by atoms with Crippen LogP contribution in [-0.4, -0.2) is 35.6 Å². The van der Waals surface area contributed by atoms with Gasteiger partial charge in [-0.05, 0) is 19.8 Å². The molecule has 0 radical (unpaired) electrons. The summed E-state index contributed by atoms with van der Waals surface area (Å²) in [6, 6.07) is 0. The van der Waals surface area contributed by atoms with Crippen LogP contribution in [0.25, 0.3) is 0 Å². The van der Waals surface area contributed by atoms with Crippen LogP contribution in [-0.2, 0) is 23.8 Å². The molecule has 1 aromatic rings. The van der Waals surface area contributed by atoms with Crippen molar-refractivity contribution in [3.05, 3.63) is 17.5 Å². The van der Waals surface area contributed by atoms with Crippen LogP contribution in [0.15, 0.2) is 6.20 Å². The van der Waals surface area contributed by atoms with E-state index in [1.807, 2.05) is 14.0 Å². The third-order valence-corrected chi connectivity index (χ3v) is 4.74. The largest absolute Gasteiger partial charge is 0.279 e. The third-order valence-electron chi connectivity index (χ3n) is 3.19. The molecular formula is C10H18N4O2S. The lowest BCUT2D eigenvalue weighted by atomic mass is 10.3. The van der Waals surface area contributed by atoms with E-state index in [1.165, 1.54) is 4.31 Å². The Morgan fingerprint density at radius 2 is 2.06 bits per heavy atom. The SMILES string of the molecule is Cc1c(CNS(=O)(=O)N2CCCC2)cnn1C. The second-order valence-corrected chi connectivity index (χ2v) is 6.07. The summed E-state index contributed by atoms with van der Waals surface area (Å²) in [4.78, 5) is 0. The van der Waals surface area contributed by atoms with Crippen molar-refractivity contribution in [3.63, 3.8) is 0 Å². The lowest BCUT2D eigenvalue weighted by Gasteiger charge is -2.15. The Bertz CT molecular complexity index is 488. The number of nitrogens with zero attached hydrogens (tertiary/aromatic N) is 3. The van der Waals surface area contributed by atoms with E-state index in [9.17, 15) is 8.42 Å². The molecule has 0 amide bonds. The van der Waals surface area contributed by atoms with Gasteiger partial charge in [-0.3, -0.25) is 4.68 Å². The van der Waals surface area contributed by atoms with Crippen LogP contribution < -0.4 is 4.72 Å². The van der Waals surface area contributed by atoms with E-state index in [1.54, 1.807) is 10.9 Å². The van der Waals surface area contributed by atoms with Crippen LogP contribution in [0.3, 0.4) is 0 Å². The summed E-state index contributed by atoms with van der Waals surface area (Å²) in [5.74, 6) is 0. The van der Waals surface area contributed by atoms with Gasteiger partial charge in [0.25, 0.3) is 10.2 Å². The molecule has 1 aliphatic rings. The Labute approximate surface area is 102 Å². The van der Waals surface area contributed by atoms with Crippen molar-refractivity contribution in [1.29, 1.82) is 0 Å². The average Bonchev–Trinajstić information content (AvgIpc) is 2.90. The zero-order valence-corrected chi connectivity index (χ0v) is 11.0. The minimum Gasteiger partial charge on any atom is -0.273 e. The highest BCUT2D eigenvalue weighted by molar-refractivity contribution is 7.87. The molecule has 1 aliphatic heterocycles. The molecule has 1 fully saturated rings. The number of hydrogen-bond acceptors (Lipinski definition) is 3. The van der Waals surface area contributed by atoms with Crippen molar-refractivity contribution in [3.8, 4) is 0 Å². The lowest BCUT2D eigenvalue weighted by molar-refractivity contribution is 0.464. The maximum Gasteiger partial charge on any atom is 0.279 e. The van der Waals surface area contributed by atoms with Gasteiger partial charge in [-0.1, -0.05) is 0 Å². The van der Waals surface area contributed by atoms with Gasteiger partial charge in [0.2, 0.25) is 0 Å². The summed E-state index contributed by atoms with van der Waals surface area (Å²) < 4.78 is 29.7. The second-order valence-electron chi connectivity index (χ2n) is 4.31. The van der Waals surface area contributed by atoms with Crippen LogP contribution in [0.1, 0.15) is 24.1 Å². The van der Waals surface area contributed by atoms with E-state index in [2.05, 4.69) is 9.82 Å². The lowest BCUT2D eigenvalue weighted by Crippen LogP contribution is -2.38. The van der Waals surface area contributed by atoms with Gasteiger partial charge < -0.3 is 0 Å². The van der Waals surface area contributed by atoms with Gasteiger partial charge in [0.1, 0.15) is 0 Å². The monoisotopic (exact) mass is 258 g/mol. The molecule has 0 bridgehead atoms. The Morgan fingerprint density at radius 1 is 1.41 bits per heavy atom. The molecular weight excluding hydrogens is 240 g/mol. The second kappa shape index (κ2) is 4.75. The first kappa shape index (κ1) is 12.5. The molecule has 0 saturated carbocycles. The summed E-state index contributed by atoms with van der Waals surface area (Å²) in [6.07, 6.45) is 3.60. The number of rotatable bonds is 4. The fraction of sp³-hybridized carbons (Fsp3) is 0.700. The molecule has 0 aromatic carbocycles. The smallest absolute Gasteiger partial charge is 0.273 e. The molecule has 1 saturated heterocycles. The fourth-order valence-electron chi connectivity index (χ4n) is 1.91.